The second kappa shape index (κ2) is 6.86. The number of ether oxygens (including phenoxy) is 1. The molecule has 0 aliphatic heterocycles. The van der Waals surface area contributed by atoms with Crippen LogP contribution in [0.15, 0.2) is 58.1 Å². The fraction of sp³-hybridized carbons (Fsp3) is 0.0667. The number of nitrogens with one attached hydrogen (secondary N) is 1. The Bertz CT molecular complexity index is 607. The number of nitrogens with zero attached hydrogens (tertiary/aromatic N) is 1. The highest BCUT2D eigenvalue weighted by Crippen LogP contribution is 2.11. The highest BCUT2D eigenvalue weighted by atomic mass is 79.9. The summed E-state index contributed by atoms with van der Waals surface area (Å²) in [5, 5.41) is 3.92. The highest BCUT2D eigenvalue weighted by molar-refractivity contribution is 9.10. The molecule has 0 unspecified atom stereocenters. The summed E-state index contributed by atoms with van der Waals surface area (Å²) in [6.45, 7) is 0. The maximum Gasteiger partial charge on any atom is 0.271 e. The summed E-state index contributed by atoms with van der Waals surface area (Å²) in [5.41, 5.74) is 3.91. The predicted octanol–water partition coefficient (Wildman–Crippen LogP) is 3.22. The van der Waals surface area contributed by atoms with Crippen LogP contribution in [0.2, 0.25) is 0 Å². The van der Waals surface area contributed by atoms with Crippen LogP contribution >= 0.6 is 15.9 Å². The first-order chi connectivity index (χ1) is 9.69. The Kier molecular flexibility index (Phi) is 4.90. The molecule has 0 heterocycles. The van der Waals surface area contributed by atoms with Crippen LogP contribution in [0.3, 0.4) is 0 Å². The van der Waals surface area contributed by atoms with Crippen LogP contribution in [0.4, 0.5) is 0 Å². The Morgan fingerprint density at radius 3 is 2.40 bits per heavy atom. The molecule has 0 bridgehead atoms. The van der Waals surface area contributed by atoms with Crippen LogP contribution in [-0.4, -0.2) is 19.2 Å². The SMILES string of the molecule is COc1ccc(C(=O)N/N=C\c2ccc(Br)cc2)cc1. The third kappa shape index (κ3) is 3.93. The van der Waals surface area contributed by atoms with Gasteiger partial charge >= 0.3 is 0 Å². The van der Waals surface area contributed by atoms with E-state index >= 15 is 0 Å². The lowest BCUT2D eigenvalue weighted by atomic mass is 10.2. The van der Waals surface area contributed by atoms with Crippen molar-refractivity contribution in [2.24, 2.45) is 5.10 Å². The lowest BCUT2D eigenvalue weighted by Crippen LogP contribution is -2.17. The van der Waals surface area contributed by atoms with Crippen molar-refractivity contribution >= 4 is 28.1 Å². The van der Waals surface area contributed by atoms with Crippen molar-refractivity contribution in [2.75, 3.05) is 7.11 Å². The summed E-state index contributed by atoms with van der Waals surface area (Å²) in [4.78, 5) is 11.8. The number of hydrogen-bond donors (Lipinski definition) is 1. The van der Waals surface area contributed by atoms with Gasteiger partial charge in [-0.3, -0.25) is 4.79 Å². The summed E-state index contributed by atoms with van der Waals surface area (Å²) in [5.74, 6) is 0.445. The molecule has 2 aromatic carbocycles. The van der Waals surface area contributed by atoms with Crippen LogP contribution < -0.4 is 10.2 Å². The molecule has 2 aromatic rings. The minimum absolute atomic E-state index is 0.263. The Balaban J connectivity index is 1.95. The third-order valence-electron chi connectivity index (χ3n) is 2.60. The largest absolute Gasteiger partial charge is 0.497 e. The standard InChI is InChI=1S/C15H13BrN2O2/c1-20-14-8-4-12(5-9-14)15(19)18-17-10-11-2-6-13(16)7-3-11/h2-10H,1H3,(H,18,19)/b17-10-. The molecule has 0 saturated heterocycles. The minimum Gasteiger partial charge on any atom is -0.497 e. The summed E-state index contributed by atoms with van der Waals surface area (Å²) >= 11 is 3.35. The van der Waals surface area contributed by atoms with E-state index < -0.39 is 0 Å². The van der Waals surface area contributed by atoms with Gasteiger partial charge in [0, 0.05) is 10.0 Å². The second-order valence-electron chi connectivity index (χ2n) is 3.98. The molecule has 0 atom stereocenters. The lowest BCUT2D eigenvalue weighted by Gasteiger charge is -2.02. The molecule has 0 aliphatic rings. The second-order valence-corrected chi connectivity index (χ2v) is 4.89. The molecule has 102 valence electrons. The van der Waals surface area contributed by atoms with Gasteiger partial charge in [-0.2, -0.15) is 5.10 Å². The number of benzene rings is 2. The summed E-state index contributed by atoms with van der Waals surface area (Å²) in [6.07, 6.45) is 1.59. The monoisotopic (exact) mass is 332 g/mol. The van der Waals surface area contributed by atoms with E-state index in [2.05, 4.69) is 26.5 Å². The number of carbonyl (C=O) groups is 1. The number of halogens is 1. The zero-order valence-electron chi connectivity index (χ0n) is 10.8. The van der Waals surface area contributed by atoms with Crippen molar-refractivity contribution in [1.82, 2.24) is 5.43 Å². The molecule has 2 rings (SSSR count). The van der Waals surface area contributed by atoms with E-state index in [1.165, 1.54) is 0 Å². The molecular weight excluding hydrogens is 320 g/mol. The van der Waals surface area contributed by atoms with E-state index in [-0.39, 0.29) is 5.91 Å². The van der Waals surface area contributed by atoms with Crippen LogP contribution in [0.1, 0.15) is 15.9 Å². The normalized spacial score (nSPS) is 10.5. The van der Waals surface area contributed by atoms with E-state index in [0.29, 0.717) is 11.3 Å². The van der Waals surface area contributed by atoms with Crippen molar-refractivity contribution in [1.29, 1.82) is 0 Å². The smallest absolute Gasteiger partial charge is 0.271 e. The number of methoxy groups -OCH3 is 1. The van der Waals surface area contributed by atoms with Gasteiger partial charge in [-0.15, -0.1) is 0 Å². The van der Waals surface area contributed by atoms with Crippen molar-refractivity contribution < 1.29 is 9.53 Å². The fourth-order valence-corrected chi connectivity index (χ4v) is 1.79. The summed E-state index contributed by atoms with van der Waals surface area (Å²) < 4.78 is 6.03. The zero-order chi connectivity index (χ0) is 14.4. The highest BCUT2D eigenvalue weighted by Gasteiger charge is 2.03. The molecule has 20 heavy (non-hydrogen) atoms. The van der Waals surface area contributed by atoms with Gasteiger partial charge in [0.05, 0.1) is 13.3 Å². The quantitative estimate of drug-likeness (QED) is 0.690. The average Bonchev–Trinajstić information content (AvgIpc) is 2.49. The van der Waals surface area contributed by atoms with Crippen LogP contribution in [0.5, 0.6) is 5.75 Å². The fourth-order valence-electron chi connectivity index (χ4n) is 1.52. The first kappa shape index (κ1) is 14.3. The number of hydrazone groups is 1. The molecule has 1 N–H and O–H groups in total. The number of rotatable bonds is 4. The topological polar surface area (TPSA) is 50.7 Å². The molecule has 0 radical (unpaired) electrons. The Hall–Kier alpha value is -2.14. The van der Waals surface area contributed by atoms with E-state index in [0.717, 1.165) is 10.0 Å². The number of carbonyl (C=O) groups excluding carboxylic acids is 1. The first-order valence-corrected chi connectivity index (χ1v) is 6.71. The summed E-state index contributed by atoms with van der Waals surface area (Å²) in [6, 6.07) is 14.4. The Morgan fingerprint density at radius 2 is 1.80 bits per heavy atom. The van der Waals surface area contributed by atoms with E-state index in [1.807, 2.05) is 24.3 Å². The Morgan fingerprint density at radius 1 is 1.15 bits per heavy atom. The molecule has 1 amide bonds. The third-order valence-corrected chi connectivity index (χ3v) is 3.13. The minimum atomic E-state index is -0.263. The van der Waals surface area contributed by atoms with Crippen LogP contribution in [-0.2, 0) is 0 Å². The van der Waals surface area contributed by atoms with E-state index in [9.17, 15) is 4.79 Å². The van der Waals surface area contributed by atoms with Crippen LogP contribution in [0.25, 0.3) is 0 Å². The molecule has 0 aliphatic carbocycles. The molecule has 4 nitrogen and oxygen atoms in total. The molecule has 0 fully saturated rings. The predicted molar refractivity (Wildman–Crippen MR) is 82.2 cm³/mol. The van der Waals surface area contributed by atoms with Gasteiger partial charge in [0.2, 0.25) is 0 Å². The van der Waals surface area contributed by atoms with Gasteiger partial charge in [-0.1, -0.05) is 28.1 Å². The van der Waals surface area contributed by atoms with Gasteiger partial charge in [0.1, 0.15) is 5.75 Å². The Labute approximate surface area is 125 Å². The van der Waals surface area contributed by atoms with Crippen LogP contribution in [0, 0.1) is 0 Å². The van der Waals surface area contributed by atoms with Crippen molar-refractivity contribution in [3.63, 3.8) is 0 Å². The molecule has 0 saturated carbocycles. The molecule has 0 spiro atoms. The van der Waals surface area contributed by atoms with Gasteiger partial charge in [-0.25, -0.2) is 5.43 Å². The first-order valence-electron chi connectivity index (χ1n) is 5.92. The zero-order valence-corrected chi connectivity index (χ0v) is 12.4. The average molecular weight is 333 g/mol. The number of amides is 1. The maximum atomic E-state index is 11.8. The van der Waals surface area contributed by atoms with Crippen molar-refractivity contribution in [2.45, 2.75) is 0 Å². The number of hydrogen-bond acceptors (Lipinski definition) is 3. The van der Waals surface area contributed by atoms with E-state index in [4.69, 9.17) is 4.74 Å². The van der Waals surface area contributed by atoms with Gasteiger partial charge in [-0.05, 0) is 42.0 Å². The lowest BCUT2D eigenvalue weighted by molar-refractivity contribution is 0.0955. The van der Waals surface area contributed by atoms with Crippen molar-refractivity contribution in [3.8, 4) is 5.75 Å². The molecule has 0 aromatic heterocycles. The van der Waals surface area contributed by atoms with Gasteiger partial charge in [0.15, 0.2) is 0 Å². The summed E-state index contributed by atoms with van der Waals surface area (Å²) in [7, 11) is 1.58. The molecule has 5 heteroatoms. The van der Waals surface area contributed by atoms with Gasteiger partial charge in [0.25, 0.3) is 5.91 Å². The van der Waals surface area contributed by atoms with Gasteiger partial charge < -0.3 is 4.74 Å². The van der Waals surface area contributed by atoms with E-state index in [1.54, 1.807) is 37.6 Å². The maximum absolute atomic E-state index is 11.8. The van der Waals surface area contributed by atoms with Crippen molar-refractivity contribution in [3.05, 3.63) is 64.1 Å². The molecular formula is C15H13BrN2O2.